The van der Waals surface area contributed by atoms with E-state index in [1.807, 2.05) is 24.3 Å². The lowest BCUT2D eigenvalue weighted by atomic mass is 10.2. The number of benzene rings is 1. The van der Waals surface area contributed by atoms with Crippen LogP contribution in [-0.2, 0) is 16.1 Å². The molecule has 1 atom stereocenters. The number of aryl methyl sites for hydroxylation is 1. The summed E-state index contributed by atoms with van der Waals surface area (Å²) < 4.78 is 15.3. The second-order valence-electron chi connectivity index (χ2n) is 7.85. The summed E-state index contributed by atoms with van der Waals surface area (Å²) in [6, 6.07) is 7.67. The van der Waals surface area contributed by atoms with Gasteiger partial charge in [-0.2, -0.15) is 0 Å². The van der Waals surface area contributed by atoms with Crippen LogP contribution in [0.2, 0.25) is 0 Å². The summed E-state index contributed by atoms with van der Waals surface area (Å²) in [5.74, 6) is 0.790. The van der Waals surface area contributed by atoms with Crippen molar-refractivity contribution < 1.29 is 19.1 Å². The zero-order chi connectivity index (χ0) is 21.7. The molecule has 0 spiro atoms. The standard InChI is InChI=1S/C21H28N4O4S/c1-14(2)9-24-10-18(29-13-16-6-5-7-17(8-16)28-4)11-25(12-19(24)26)21(27)20-15(3)22-23-30-20/h5-8,14,18H,9-13H2,1-4H3/t18-/m0/s1. The van der Waals surface area contributed by atoms with Gasteiger partial charge in [-0.25, -0.2) is 0 Å². The van der Waals surface area contributed by atoms with Gasteiger partial charge in [-0.3, -0.25) is 9.59 Å². The normalized spacial score (nSPS) is 17.4. The fourth-order valence-electron chi connectivity index (χ4n) is 3.40. The Kier molecular flexibility index (Phi) is 7.38. The fraction of sp³-hybridized carbons (Fsp3) is 0.524. The molecule has 30 heavy (non-hydrogen) atoms. The van der Waals surface area contributed by atoms with Crippen LogP contribution in [0.3, 0.4) is 0 Å². The molecular weight excluding hydrogens is 404 g/mol. The molecule has 8 nitrogen and oxygen atoms in total. The molecule has 0 radical (unpaired) electrons. The third-order valence-corrected chi connectivity index (χ3v) is 5.68. The van der Waals surface area contributed by atoms with Crippen LogP contribution in [-0.4, -0.2) is 70.6 Å². The van der Waals surface area contributed by atoms with Gasteiger partial charge in [0.25, 0.3) is 5.91 Å². The van der Waals surface area contributed by atoms with Crippen molar-refractivity contribution in [1.29, 1.82) is 0 Å². The molecule has 0 N–H and O–H groups in total. The number of carbonyl (C=O) groups is 2. The molecule has 2 aromatic rings. The summed E-state index contributed by atoms with van der Waals surface area (Å²) in [6.07, 6.45) is -0.300. The minimum Gasteiger partial charge on any atom is -0.497 e. The zero-order valence-electron chi connectivity index (χ0n) is 17.8. The van der Waals surface area contributed by atoms with E-state index in [1.54, 1.807) is 23.8 Å². The highest BCUT2D eigenvalue weighted by molar-refractivity contribution is 7.07. The number of methoxy groups -OCH3 is 1. The number of hydrogen-bond acceptors (Lipinski definition) is 7. The first-order valence-corrected chi connectivity index (χ1v) is 10.7. The van der Waals surface area contributed by atoms with Crippen molar-refractivity contribution >= 4 is 23.3 Å². The van der Waals surface area contributed by atoms with Crippen LogP contribution in [0.15, 0.2) is 24.3 Å². The summed E-state index contributed by atoms with van der Waals surface area (Å²) in [6.45, 7) is 7.69. The molecule has 1 aromatic heterocycles. The predicted octanol–water partition coefficient (Wildman–Crippen LogP) is 2.38. The second-order valence-corrected chi connectivity index (χ2v) is 8.60. The minimum atomic E-state index is -0.300. The molecule has 9 heteroatoms. The van der Waals surface area contributed by atoms with Crippen molar-refractivity contribution in [2.75, 3.05) is 33.3 Å². The zero-order valence-corrected chi connectivity index (χ0v) is 18.6. The maximum atomic E-state index is 13.0. The quantitative estimate of drug-likeness (QED) is 0.668. The summed E-state index contributed by atoms with van der Waals surface area (Å²) in [5.41, 5.74) is 1.55. The van der Waals surface area contributed by atoms with Crippen molar-refractivity contribution in [3.8, 4) is 5.75 Å². The van der Waals surface area contributed by atoms with Crippen molar-refractivity contribution in [2.24, 2.45) is 5.92 Å². The Morgan fingerprint density at radius 3 is 2.80 bits per heavy atom. The van der Waals surface area contributed by atoms with Crippen molar-refractivity contribution in [3.05, 3.63) is 40.4 Å². The highest BCUT2D eigenvalue weighted by Gasteiger charge is 2.32. The van der Waals surface area contributed by atoms with E-state index in [0.717, 1.165) is 22.8 Å². The molecule has 1 aliphatic rings. The lowest BCUT2D eigenvalue weighted by molar-refractivity contribution is -0.132. The van der Waals surface area contributed by atoms with Crippen molar-refractivity contribution in [1.82, 2.24) is 19.4 Å². The Balaban J connectivity index is 1.77. The topological polar surface area (TPSA) is 84.9 Å². The molecule has 1 aromatic carbocycles. The monoisotopic (exact) mass is 432 g/mol. The number of nitrogens with zero attached hydrogens (tertiary/aromatic N) is 4. The summed E-state index contributed by atoms with van der Waals surface area (Å²) in [7, 11) is 1.63. The first kappa shape index (κ1) is 22.2. The largest absolute Gasteiger partial charge is 0.497 e. The Morgan fingerprint density at radius 2 is 2.13 bits per heavy atom. The molecule has 1 saturated heterocycles. The molecule has 1 fully saturated rings. The Hall–Kier alpha value is -2.52. The number of hydrogen-bond donors (Lipinski definition) is 0. The van der Waals surface area contributed by atoms with Gasteiger partial charge >= 0.3 is 0 Å². The SMILES string of the molecule is COc1cccc(CO[C@H]2CN(CC(C)C)C(=O)CN(C(=O)c3snnc3C)C2)c1. The lowest BCUT2D eigenvalue weighted by Gasteiger charge is -2.26. The van der Waals surface area contributed by atoms with E-state index >= 15 is 0 Å². The van der Waals surface area contributed by atoms with Gasteiger partial charge in [0, 0.05) is 19.6 Å². The van der Waals surface area contributed by atoms with Crippen LogP contribution in [0.25, 0.3) is 0 Å². The van der Waals surface area contributed by atoms with Crippen LogP contribution < -0.4 is 4.74 Å². The number of carbonyl (C=O) groups excluding carboxylic acids is 2. The first-order chi connectivity index (χ1) is 14.4. The minimum absolute atomic E-state index is 0.0297. The summed E-state index contributed by atoms with van der Waals surface area (Å²) in [5, 5.41) is 3.92. The van der Waals surface area contributed by atoms with Crippen LogP contribution in [0, 0.1) is 12.8 Å². The van der Waals surface area contributed by atoms with Gasteiger partial charge in [0.15, 0.2) is 0 Å². The van der Waals surface area contributed by atoms with E-state index in [9.17, 15) is 9.59 Å². The molecule has 1 aliphatic heterocycles. The predicted molar refractivity (Wildman–Crippen MR) is 114 cm³/mol. The maximum Gasteiger partial charge on any atom is 0.268 e. The van der Waals surface area contributed by atoms with E-state index in [0.29, 0.717) is 42.7 Å². The Morgan fingerprint density at radius 1 is 1.33 bits per heavy atom. The van der Waals surface area contributed by atoms with Gasteiger partial charge in [0.1, 0.15) is 17.2 Å². The van der Waals surface area contributed by atoms with Gasteiger partial charge in [0.05, 0.1) is 25.5 Å². The van der Waals surface area contributed by atoms with E-state index in [-0.39, 0.29) is 24.5 Å². The van der Waals surface area contributed by atoms with E-state index in [2.05, 4.69) is 23.4 Å². The average molecular weight is 433 g/mol. The van der Waals surface area contributed by atoms with Gasteiger partial charge in [0.2, 0.25) is 5.91 Å². The van der Waals surface area contributed by atoms with E-state index in [4.69, 9.17) is 9.47 Å². The van der Waals surface area contributed by atoms with E-state index < -0.39 is 0 Å². The molecule has 3 rings (SSSR count). The summed E-state index contributed by atoms with van der Waals surface area (Å²) in [4.78, 5) is 29.7. The molecule has 0 saturated carbocycles. The summed E-state index contributed by atoms with van der Waals surface area (Å²) >= 11 is 1.05. The number of amides is 2. The highest BCUT2D eigenvalue weighted by atomic mass is 32.1. The number of ether oxygens (including phenoxy) is 2. The van der Waals surface area contributed by atoms with Crippen LogP contribution in [0.5, 0.6) is 5.75 Å². The van der Waals surface area contributed by atoms with Gasteiger partial charge in [-0.15, -0.1) is 5.10 Å². The molecule has 0 aliphatic carbocycles. The van der Waals surface area contributed by atoms with Crippen LogP contribution in [0.1, 0.15) is 34.8 Å². The number of rotatable bonds is 7. The first-order valence-electron chi connectivity index (χ1n) is 9.98. The second kappa shape index (κ2) is 9.99. The van der Waals surface area contributed by atoms with Crippen molar-refractivity contribution in [2.45, 2.75) is 33.5 Å². The smallest absolute Gasteiger partial charge is 0.268 e. The van der Waals surface area contributed by atoms with Crippen LogP contribution in [0.4, 0.5) is 0 Å². The Labute approximate surface area is 180 Å². The molecule has 162 valence electrons. The third kappa shape index (κ3) is 5.54. The number of aromatic nitrogens is 2. The molecule has 2 amide bonds. The molecular formula is C21H28N4O4S. The highest BCUT2D eigenvalue weighted by Crippen LogP contribution is 2.19. The van der Waals surface area contributed by atoms with Gasteiger partial charge in [-0.1, -0.05) is 30.5 Å². The lowest BCUT2D eigenvalue weighted by Crippen LogP contribution is -2.40. The van der Waals surface area contributed by atoms with Crippen LogP contribution >= 0.6 is 11.5 Å². The third-order valence-electron chi connectivity index (χ3n) is 4.87. The van der Waals surface area contributed by atoms with Gasteiger partial charge < -0.3 is 19.3 Å². The van der Waals surface area contributed by atoms with E-state index in [1.165, 1.54) is 0 Å². The average Bonchev–Trinajstić information content (AvgIpc) is 3.08. The van der Waals surface area contributed by atoms with Crippen molar-refractivity contribution in [3.63, 3.8) is 0 Å². The van der Waals surface area contributed by atoms with Gasteiger partial charge in [-0.05, 0) is 42.1 Å². The maximum absolute atomic E-state index is 13.0. The molecule has 2 heterocycles. The molecule has 0 bridgehead atoms. The Bertz CT molecular complexity index is 885. The molecule has 0 unspecified atom stereocenters. The fourth-order valence-corrected chi connectivity index (χ4v) is 4.03.